The number of rotatable bonds is 1. The summed E-state index contributed by atoms with van der Waals surface area (Å²) in [5, 5.41) is 0.580. The van der Waals surface area contributed by atoms with Gasteiger partial charge < -0.3 is 5.73 Å². The van der Waals surface area contributed by atoms with Crippen LogP contribution in [0.5, 0.6) is 0 Å². The molecule has 1 nitrogen and oxygen atoms in total. The van der Waals surface area contributed by atoms with Gasteiger partial charge in [0.1, 0.15) is 0 Å². The Morgan fingerprint density at radius 2 is 2.31 bits per heavy atom. The summed E-state index contributed by atoms with van der Waals surface area (Å²) in [6.07, 6.45) is 1.14. The third kappa shape index (κ3) is 1.74. The number of hydrogen-bond acceptors (Lipinski definition) is 2. The molecule has 0 saturated heterocycles. The van der Waals surface area contributed by atoms with Crippen LogP contribution in [0.4, 0.5) is 0 Å². The fourth-order valence-corrected chi connectivity index (χ4v) is 3.02. The lowest BCUT2D eigenvalue weighted by Crippen LogP contribution is -2.28. The molecule has 0 spiro atoms. The lowest BCUT2D eigenvalue weighted by atomic mass is 10.1. The van der Waals surface area contributed by atoms with E-state index in [1.807, 2.05) is 11.8 Å². The largest absolute Gasteiger partial charge is 0.327 e. The van der Waals surface area contributed by atoms with Gasteiger partial charge in [-0.15, -0.1) is 11.8 Å². The van der Waals surface area contributed by atoms with Crippen LogP contribution in [0.15, 0.2) is 23.1 Å². The minimum Gasteiger partial charge on any atom is -0.327 e. The first kappa shape index (κ1) is 9.10. The van der Waals surface area contributed by atoms with Crippen LogP contribution in [0.1, 0.15) is 18.1 Å². The Hall–Kier alpha value is -0.470. The number of fused-ring (bicyclic) bond motifs is 1. The second-order valence-electron chi connectivity index (χ2n) is 3.83. The van der Waals surface area contributed by atoms with Crippen LogP contribution in [0.3, 0.4) is 0 Å². The summed E-state index contributed by atoms with van der Waals surface area (Å²) in [6.45, 7) is 4.23. The van der Waals surface area contributed by atoms with Crippen molar-refractivity contribution < 1.29 is 0 Å². The SMILES string of the molecule is Cc1ccc2c(c1)SC(C(C)N)C2. The number of thioether (sulfide) groups is 1. The number of hydrogen-bond donors (Lipinski definition) is 1. The van der Waals surface area contributed by atoms with E-state index in [0.717, 1.165) is 6.42 Å². The van der Waals surface area contributed by atoms with Crippen molar-refractivity contribution in [2.45, 2.75) is 36.5 Å². The first-order chi connectivity index (χ1) is 6.16. The van der Waals surface area contributed by atoms with Gasteiger partial charge in [0.15, 0.2) is 0 Å². The van der Waals surface area contributed by atoms with Crippen LogP contribution >= 0.6 is 11.8 Å². The maximum atomic E-state index is 5.89. The maximum Gasteiger partial charge on any atom is 0.0284 e. The molecule has 0 bridgehead atoms. The molecule has 0 radical (unpaired) electrons. The van der Waals surface area contributed by atoms with Gasteiger partial charge in [-0.25, -0.2) is 0 Å². The molecule has 1 aliphatic heterocycles. The summed E-state index contributed by atoms with van der Waals surface area (Å²) < 4.78 is 0. The Balaban J connectivity index is 2.25. The molecule has 0 fully saturated rings. The number of aryl methyl sites for hydroxylation is 1. The topological polar surface area (TPSA) is 26.0 Å². The molecule has 2 N–H and O–H groups in total. The lowest BCUT2D eigenvalue weighted by Gasteiger charge is -2.11. The Labute approximate surface area is 83.7 Å². The van der Waals surface area contributed by atoms with E-state index in [0.29, 0.717) is 5.25 Å². The van der Waals surface area contributed by atoms with Crippen LogP contribution < -0.4 is 5.73 Å². The predicted molar refractivity (Wildman–Crippen MR) is 58.2 cm³/mol. The number of benzene rings is 1. The quantitative estimate of drug-likeness (QED) is 0.741. The van der Waals surface area contributed by atoms with Gasteiger partial charge in [-0.2, -0.15) is 0 Å². The molecule has 13 heavy (non-hydrogen) atoms. The summed E-state index contributed by atoms with van der Waals surface area (Å²) in [6, 6.07) is 6.98. The third-order valence-corrected chi connectivity index (χ3v) is 4.04. The van der Waals surface area contributed by atoms with Crippen molar-refractivity contribution in [1.82, 2.24) is 0 Å². The summed E-state index contributed by atoms with van der Waals surface area (Å²) in [4.78, 5) is 1.43. The highest BCUT2D eigenvalue weighted by Gasteiger charge is 2.24. The average molecular weight is 193 g/mol. The first-order valence-electron chi connectivity index (χ1n) is 4.68. The maximum absolute atomic E-state index is 5.89. The number of nitrogens with two attached hydrogens (primary N) is 1. The van der Waals surface area contributed by atoms with Crippen molar-refractivity contribution >= 4 is 11.8 Å². The zero-order valence-corrected chi connectivity index (χ0v) is 8.90. The molecule has 0 aliphatic carbocycles. The van der Waals surface area contributed by atoms with E-state index in [-0.39, 0.29) is 6.04 Å². The fraction of sp³-hybridized carbons (Fsp3) is 0.455. The monoisotopic (exact) mass is 193 g/mol. The molecule has 2 unspecified atom stereocenters. The highest BCUT2D eigenvalue weighted by Crippen LogP contribution is 2.38. The molecule has 70 valence electrons. The van der Waals surface area contributed by atoms with E-state index < -0.39 is 0 Å². The summed E-state index contributed by atoms with van der Waals surface area (Å²) >= 11 is 1.93. The Kier molecular flexibility index (Phi) is 2.35. The molecule has 1 aliphatic rings. The third-order valence-electron chi connectivity index (χ3n) is 2.51. The molecule has 0 saturated carbocycles. The van der Waals surface area contributed by atoms with Crippen LogP contribution in [-0.4, -0.2) is 11.3 Å². The molecular formula is C11H15NS. The summed E-state index contributed by atoms with van der Waals surface area (Å²) in [5.41, 5.74) is 8.71. The molecule has 0 amide bonds. The molecule has 1 heterocycles. The predicted octanol–water partition coefficient (Wildman–Crippen LogP) is 2.36. The van der Waals surface area contributed by atoms with E-state index in [4.69, 9.17) is 5.73 Å². The molecule has 2 heteroatoms. The van der Waals surface area contributed by atoms with Gasteiger partial charge in [0.25, 0.3) is 0 Å². The Morgan fingerprint density at radius 1 is 1.54 bits per heavy atom. The molecule has 1 aromatic carbocycles. The van der Waals surface area contributed by atoms with Crippen molar-refractivity contribution in [3.63, 3.8) is 0 Å². The van der Waals surface area contributed by atoms with Gasteiger partial charge in [-0.05, 0) is 31.9 Å². The van der Waals surface area contributed by atoms with Crippen LogP contribution in [0.2, 0.25) is 0 Å². The van der Waals surface area contributed by atoms with E-state index in [2.05, 4.69) is 32.0 Å². The Morgan fingerprint density at radius 3 is 3.00 bits per heavy atom. The summed E-state index contributed by atoms with van der Waals surface area (Å²) in [5.74, 6) is 0. The van der Waals surface area contributed by atoms with Crippen molar-refractivity contribution in [2.24, 2.45) is 5.73 Å². The van der Waals surface area contributed by atoms with Gasteiger partial charge in [-0.1, -0.05) is 17.7 Å². The van der Waals surface area contributed by atoms with Gasteiger partial charge >= 0.3 is 0 Å². The lowest BCUT2D eigenvalue weighted by molar-refractivity contribution is 0.692. The van der Waals surface area contributed by atoms with Crippen molar-refractivity contribution in [1.29, 1.82) is 0 Å². The van der Waals surface area contributed by atoms with E-state index >= 15 is 0 Å². The minimum absolute atomic E-state index is 0.290. The highest BCUT2D eigenvalue weighted by atomic mass is 32.2. The Bertz CT molecular complexity index is 320. The van der Waals surface area contributed by atoms with Crippen LogP contribution in [0.25, 0.3) is 0 Å². The van der Waals surface area contributed by atoms with Crippen molar-refractivity contribution in [2.75, 3.05) is 0 Å². The van der Waals surface area contributed by atoms with Crippen molar-refractivity contribution in [3.8, 4) is 0 Å². The molecule has 0 aromatic heterocycles. The van der Waals surface area contributed by atoms with E-state index in [1.54, 1.807) is 0 Å². The molecular weight excluding hydrogens is 178 g/mol. The average Bonchev–Trinajstić information content (AvgIpc) is 2.46. The van der Waals surface area contributed by atoms with Crippen molar-refractivity contribution in [3.05, 3.63) is 29.3 Å². The molecule has 1 aromatic rings. The molecule has 2 rings (SSSR count). The van der Waals surface area contributed by atoms with Gasteiger partial charge in [-0.3, -0.25) is 0 Å². The standard InChI is InChI=1S/C11H15NS/c1-7-3-4-9-6-10(8(2)12)13-11(9)5-7/h3-5,8,10H,6,12H2,1-2H3. The zero-order valence-electron chi connectivity index (χ0n) is 8.08. The van der Waals surface area contributed by atoms with E-state index in [1.165, 1.54) is 16.0 Å². The smallest absolute Gasteiger partial charge is 0.0284 e. The highest BCUT2D eigenvalue weighted by molar-refractivity contribution is 8.00. The minimum atomic E-state index is 0.290. The second-order valence-corrected chi connectivity index (χ2v) is 5.11. The molecule has 2 atom stereocenters. The van der Waals surface area contributed by atoms with Gasteiger partial charge in [0, 0.05) is 16.2 Å². The van der Waals surface area contributed by atoms with Gasteiger partial charge in [0.2, 0.25) is 0 Å². The van der Waals surface area contributed by atoms with Crippen LogP contribution in [-0.2, 0) is 6.42 Å². The fourth-order valence-electron chi connectivity index (χ4n) is 1.65. The van der Waals surface area contributed by atoms with Crippen LogP contribution in [0, 0.1) is 6.92 Å². The normalized spacial score (nSPS) is 22.8. The van der Waals surface area contributed by atoms with E-state index in [9.17, 15) is 0 Å². The van der Waals surface area contributed by atoms with Gasteiger partial charge in [0.05, 0.1) is 0 Å². The second kappa shape index (κ2) is 3.35. The first-order valence-corrected chi connectivity index (χ1v) is 5.56. The zero-order chi connectivity index (χ0) is 9.42. The summed E-state index contributed by atoms with van der Waals surface area (Å²) in [7, 11) is 0.